The van der Waals surface area contributed by atoms with Crippen molar-refractivity contribution in [2.24, 2.45) is 16.8 Å². The predicted molar refractivity (Wildman–Crippen MR) is 66.8 cm³/mol. The van der Waals surface area contributed by atoms with E-state index in [1.807, 2.05) is 37.3 Å². The van der Waals surface area contributed by atoms with E-state index in [-0.39, 0.29) is 24.4 Å². The minimum Gasteiger partial charge on any atom is -0.409 e. The first-order valence-corrected chi connectivity index (χ1v) is 5.55. The van der Waals surface area contributed by atoms with Crippen LogP contribution in [-0.4, -0.2) is 29.3 Å². The van der Waals surface area contributed by atoms with E-state index in [4.69, 9.17) is 10.9 Å². The quantitative estimate of drug-likeness (QED) is 0.253. The van der Waals surface area contributed by atoms with Crippen LogP contribution in [0.1, 0.15) is 18.5 Å². The van der Waals surface area contributed by atoms with Gasteiger partial charge in [0.05, 0.1) is 12.6 Å². The number of rotatable bonds is 6. The van der Waals surface area contributed by atoms with E-state index in [2.05, 4.69) is 10.5 Å². The summed E-state index contributed by atoms with van der Waals surface area (Å²) in [7, 11) is 0. The van der Waals surface area contributed by atoms with Crippen LogP contribution in [0.3, 0.4) is 0 Å². The summed E-state index contributed by atoms with van der Waals surface area (Å²) < 4.78 is 0. The minimum atomic E-state index is -0.134. The van der Waals surface area contributed by atoms with Crippen LogP contribution in [0, 0.1) is 5.92 Å². The molecule has 0 spiro atoms. The molecule has 0 heterocycles. The molecular weight excluding hydrogens is 218 g/mol. The Labute approximate surface area is 101 Å². The number of nitrogens with zero attached hydrogens (tertiary/aromatic N) is 1. The fourth-order valence-electron chi connectivity index (χ4n) is 1.50. The molecule has 2 unspecified atom stereocenters. The monoisotopic (exact) mass is 237 g/mol. The van der Waals surface area contributed by atoms with Crippen LogP contribution in [0.15, 0.2) is 35.5 Å². The van der Waals surface area contributed by atoms with Crippen molar-refractivity contribution in [2.45, 2.75) is 13.0 Å². The van der Waals surface area contributed by atoms with Crippen LogP contribution in [0.5, 0.6) is 0 Å². The molecule has 0 amide bonds. The molecule has 17 heavy (non-hydrogen) atoms. The summed E-state index contributed by atoms with van der Waals surface area (Å²) in [5, 5.41) is 24.0. The van der Waals surface area contributed by atoms with Gasteiger partial charge in [-0.15, -0.1) is 0 Å². The molecule has 0 saturated heterocycles. The van der Waals surface area contributed by atoms with Crippen LogP contribution < -0.4 is 11.1 Å². The van der Waals surface area contributed by atoms with Crippen LogP contribution >= 0.6 is 0 Å². The van der Waals surface area contributed by atoms with Crippen LogP contribution in [0.4, 0.5) is 0 Å². The Morgan fingerprint density at radius 2 is 2.06 bits per heavy atom. The van der Waals surface area contributed by atoms with E-state index in [0.29, 0.717) is 6.54 Å². The Morgan fingerprint density at radius 1 is 1.41 bits per heavy atom. The fourth-order valence-corrected chi connectivity index (χ4v) is 1.50. The third-order valence-electron chi connectivity index (χ3n) is 2.68. The van der Waals surface area contributed by atoms with E-state index < -0.39 is 0 Å². The number of aliphatic hydroxyl groups excluding tert-OH is 1. The summed E-state index contributed by atoms with van der Waals surface area (Å²) in [5.41, 5.74) is 6.50. The standard InChI is InChI=1S/C12H19N3O2/c1-9(12(13)15-17)7-14-11(8-16)10-5-3-2-4-6-10/h2-6,9,11,14,16-17H,7-8H2,1H3,(H2,13,15). The van der Waals surface area contributed by atoms with Gasteiger partial charge in [-0.3, -0.25) is 0 Å². The summed E-state index contributed by atoms with van der Waals surface area (Å²) in [6.45, 7) is 2.39. The Hall–Kier alpha value is -1.59. The van der Waals surface area contributed by atoms with Crippen molar-refractivity contribution in [1.82, 2.24) is 5.32 Å². The van der Waals surface area contributed by atoms with Gasteiger partial charge < -0.3 is 21.4 Å². The second kappa shape index (κ2) is 6.88. The van der Waals surface area contributed by atoms with Crippen molar-refractivity contribution in [2.75, 3.05) is 13.2 Å². The van der Waals surface area contributed by atoms with E-state index in [0.717, 1.165) is 5.56 Å². The largest absolute Gasteiger partial charge is 0.409 e. The summed E-state index contributed by atoms with van der Waals surface area (Å²) in [5.74, 6) is 0.0972. The first kappa shape index (κ1) is 13.5. The molecule has 0 bridgehead atoms. The molecule has 1 aromatic carbocycles. The Morgan fingerprint density at radius 3 is 2.59 bits per heavy atom. The Kier molecular flexibility index (Phi) is 5.45. The van der Waals surface area contributed by atoms with Gasteiger partial charge in [0, 0.05) is 12.5 Å². The summed E-state index contributed by atoms with van der Waals surface area (Å²) in [6, 6.07) is 9.53. The number of benzene rings is 1. The van der Waals surface area contributed by atoms with Gasteiger partial charge >= 0.3 is 0 Å². The molecule has 0 aliphatic carbocycles. The highest BCUT2D eigenvalue weighted by Crippen LogP contribution is 2.11. The molecule has 1 rings (SSSR count). The highest BCUT2D eigenvalue weighted by atomic mass is 16.4. The second-order valence-electron chi connectivity index (χ2n) is 3.98. The maximum atomic E-state index is 9.31. The van der Waals surface area contributed by atoms with Gasteiger partial charge in [0.2, 0.25) is 0 Å². The van der Waals surface area contributed by atoms with Crippen LogP contribution in [-0.2, 0) is 0 Å². The maximum absolute atomic E-state index is 9.31. The molecule has 0 saturated carbocycles. The molecule has 0 fully saturated rings. The van der Waals surface area contributed by atoms with Crippen molar-refractivity contribution in [1.29, 1.82) is 0 Å². The molecule has 94 valence electrons. The number of nitrogens with one attached hydrogen (secondary N) is 1. The first-order valence-electron chi connectivity index (χ1n) is 5.55. The maximum Gasteiger partial charge on any atom is 0.143 e. The van der Waals surface area contributed by atoms with Gasteiger partial charge in [-0.2, -0.15) is 0 Å². The van der Waals surface area contributed by atoms with Crippen molar-refractivity contribution in [3.8, 4) is 0 Å². The fraction of sp³-hybridized carbons (Fsp3) is 0.417. The molecule has 5 nitrogen and oxygen atoms in total. The number of hydrogen-bond acceptors (Lipinski definition) is 4. The van der Waals surface area contributed by atoms with Gasteiger partial charge in [0.1, 0.15) is 5.84 Å². The van der Waals surface area contributed by atoms with Gasteiger partial charge in [0.15, 0.2) is 0 Å². The highest BCUT2D eigenvalue weighted by molar-refractivity contribution is 5.82. The molecular formula is C12H19N3O2. The lowest BCUT2D eigenvalue weighted by molar-refractivity contribution is 0.242. The van der Waals surface area contributed by atoms with E-state index in [1.54, 1.807) is 0 Å². The molecule has 2 atom stereocenters. The van der Waals surface area contributed by atoms with E-state index >= 15 is 0 Å². The molecule has 0 aliphatic rings. The number of nitrogens with two attached hydrogens (primary N) is 1. The molecule has 0 radical (unpaired) electrons. The van der Waals surface area contributed by atoms with Crippen LogP contribution in [0.25, 0.3) is 0 Å². The Bertz CT molecular complexity index is 354. The van der Waals surface area contributed by atoms with Crippen molar-refractivity contribution in [3.05, 3.63) is 35.9 Å². The average Bonchev–Trinajstić information content (AvgIpc) is 2.39. The average molecular weight is 237 g/mol. The molecule has 1 aromatic rings. The van der Waals surface area contributed by atoms with Gasteiger partial charge in [0.25, 0.3) is 0 Å². The van der Waals surface area contributed by atoms with E-state index in [1.165, 1.54) is 0 Å². The van der Waals surface area contributed by atoms with Gasteiger partial charge in [-0.1, -0.05) is 42.4 Å². The summed E-state index contributed by atoms with van der Waals surface area (Å²) >= 11 is 0. The number of hydrogen-bond donors (Lipinski definition) is 4. The molecule has 0 aromatic heterocycles. The lowest BCUT2D eigenvalue weighted by Gasteiger charge is -2.19. The first-order chi connectivity index (χ1) is 8.19. The minimum absolute atomic E-state index is 0.00685. The zero-order valence-electron chi connectivity index (χ0n) is 9.87. The molecule has 0 aliphatic heterocycles. The SMILES string of the molecule is CC(CNC(CO)c1ccccc1)C(N)=NO. The van der Waals surface area contributed by atoms with E-state index in [9.17, 15) is 5.11 Å². The molecule has 5 heteroatoms. The van der Waals surface area contributed by atoms with Crippen molar-refractivity contribution >= 4 is 5.84 Å². The number of amidine groups is 1. The number of oxime groups is 1. The summed E-state index contributed by atoms with van der Waals surface area (Å²) in [4.78, 5) is 0. The zero-order valence-corrected chi connectivity index (χ0v) is 9.87. The van der Waals surface area contributed by atoms with Gasteiger partial charge in [-0.05, 0) is 5.56 Å². The number of aliphatic hydroxyl groups is 1. The van der Waals surface area contributed by atoms with Crippen LogP contribution in [0.2, 0.25) is 0 Å². The lowest BCUT2D eigenvalue weighted by Crippen LogP contribution is -2.34. The third-order valence-corrected chi connectivity index (χ3v) is 2.68. The van der Waals surface area contributed by atoms with Crippen molar-refractivity contribution < 1.29 is 10.3 Å². The summed E-state index contributed by atoms with van der Waals surface area (Å²) in [6.07, 6.45) is 0. The molecule has 5 N–H and O–H groups in total. The topological polar surface area (TPSA) is 90.9 Å². The van der Waals surface area contributed by atoms with Crippen molar-refractivity contribution in [3.63, 3.8) is 0 Å². The smallest absolute Gasteiger partial charge is 0.143 e. The lowest BCUT2D eigenvalue weighted by atomic mass is 10.1. The second-order valence-corrected chi connectivity index (χ2v) is 3.98. The highest BCUT2D eigenvalue weighted by Gasteiger charge is 2.13. The van der Waals surface area contributed by atoms with Gasteiger partial charge in [-0.25, -0.2) is 0 Å². The zero-order chi connectivity index (χ0) is 12.7. The Balaban J connectivity index is 2.54. The third kappa shape index (κ3) is 4.05. The predicted octanol–water partition coefficient (Wildman–Crippen LogP) is 0.692. The normalized spacial score (nSPS) is 15.5.